The third-order valence-corrected chi connectivity index (χ3v) is 2.64. The van der Waals surface area contributed by atoms with Gasteiger partial charge < -0.3 is 14.8 Å². The normalized spacial score (nSPS) is 9.27. The van der Waals surface area contributed by atoms with E-state index in [1.165, 1.54) is 11.8 Å². The van der Waals surface area contributed by atoms with Crippen LogP contribution < -0.4 is 5.11 Å². The number of aliphatic carboxylic acids is 1. The maximum Gasteiger partial charge on any atom is 0.135 e. The zero-order valence-electron chi connectivity index (χ0n) is 6.49. The zero-order valence-corrected chi connectivity index (χ0v) is 8.13. The Labute approximate surface area is 75.8 Å². The first kappa shape index (κ1) is 10.7. The quantitative estimate of drug-likeness (QED) is 0.575. The fraction of sp³-hybridized carbons (Fsp3) is 0.667. The molecule has 0 N–H and O–H groups in total. The molecule has 0 spiro atoms. The molecule has 0 bridgehead atoms. The predicted octanol–water partition coefficient (Wildman–Crippen LogP) is -0.294. The average molecular weight is 192 g/mol. The van der Waals surface area contributed by atoms with Gasteiger partial charge in [0.25, 0.3) is 0 Å². The van der Waals surface area contributed by atoms with Crippen molar-refractivity contribution in [3.8, 4) is 0 Å². The van der Waals surface area contributed by atoms with Crippen molar-refractivity contribution in [2.45, 2.75) is 6.42 Å². The highest BCUT2D eigenvalue weighted by Gasteiger charge is 1.98. The molecule has 5 heteroatoms. The van der Waals surface area contributed by atoms with Gasteiger partial charge >= 0.3 is 0 Å². The van der Waals surface area contributed by atoms with Crippen LogP contribution in [0.25, 0.3) is 0 Å². The summed E-state index contributed by atoms with van der Waals surface area (Å²) in [4.78, 5) is 11.7. The van der Waals surface area contributed by atoms with Gasteiger partial charge in [-0.05, 0) is 6.42 Å². The van der Waals surface area contributed by atoms with E-state index in [1.54, 1.807) is 4.90 Å². The van der Waals surface area contributed by atoms with Crippen LogP contribution in [0.2, 0.25) is 0 Å². The molecule has 0 aromatic rings. The lowest BCUT2D eigenvalue weighted by molar-refractivity contribution is -0.305. The first-order chi connectivity index (χ1) is 5.04. The van der Waals surface area contributed by atoms with Gasteiger partial charge in [-0.1, -0.05) is 24.0 Å². The molecule has 0 saturated heterocycles. The molecule has 0 amide bonds. The van der Waals surface area contributed by atoms with Gasteiger partial charge in [-0.15, -0.1) is 0 Å². The first-order valence-electron chi connectivity index (χ1n) is 3.08. The fourth-order valence-electron chi connectivity index (χ4n) is 0.351. The molecule has 0 aliphatic heterocycles. The van der Waals surface area contributed by atoms with Crippen LogP contribution in [0.3, 0.4) is 0 Å². The second kappa shape index (κ2) is 5.37. The maximum atomic E-state index is 9.97. The number of rotatable bonds is 3. The highest BCUT2D eigenvalue weighted by Crippen LogP contribution is 2.07. The Balaban J connectivity index is 3.39. The number of carboxylic acid groups (broad SMARTS) is 1. The van der Waals surface area contributed by atoms with E-state index < -0.39 is 5.97 Å². The molecule has 0 aromatic heterocycles. The van der Waals surface area contributed by atoms with Crippen molar-refractivity contribution >= 4 is 34.3 Å². The molecule has 0 heterocycles. The Morgan fingerprint density at radius 1 is 1.64 bits per heavy atom. The minimum atomic E-state index is -1.03. The summed E-state index contributed by atoms with van der Waals surface area (Å²) < 4.78 is 0.700. The minimum absolute atomic E-state index is 0.0542. The van der Waals surface area contributed by atoms with Crippen LogP contribution in [-0.2, 0) is 4.79 Å². The van der Waals surface area contributed by atoms with Crippen LogP contribution in [0.5, 0.6) is 0 Å². The third kappa shape index (κ3) is 6.12. The van der Waals surface area contributed by atoms with Gasteiger partial charge in [0.2, 0.25) is 0 Å². The second-order valence-electron chi connectivity index (χ2n) is 2.13. The topological polar surface area (TPSA) is 43.4 Å². The number of thiocarbonyl (C=S) groups is 1. The van der Waals surface area contributed by atoms with Crippen molar-refractivity contribution in [1.82, 2.24) is 4.90 Å². The van der Waals surface area contributed by atoms with E-state index in [9.17, 15) is 9.90 Å². The van der Waals surface area contributed by atoms with Gasteiger partial charge in [0, 0.05) is 25.8 Å². The van der Waals surface area contributed by atoms with E-state index >= 15 is 0 Å². The smallest absolute Gasteiger partial charge is 0.135 e. The standard InChI is InChI=1S/C6H11NO2S2/c1-7(2)6(10)11-4-3-5(8)9/h3-4H2,1-2H3,(H,8,9)/p-1. The van der Waals surface area contributed by atoms with Crippen molar-refractivity contribution in [3.05, 3.63) is 0 Å². The molecule has 0 rings (SSSR count). The van der Waals surface area contributed by atoms with Gasteiger partial charge in [0.05, 0.1) is 0 Å². The molecule has 64 valence electrons. The van der Waals surface area contributed by atoms with Crippen LogP contribution in [0.4, 0.5) is 0 Å². The van der Waals surface area contributed by atoms with Gasteiger partial charge in [0.15, 0.2) is 0 Å². The Kier molecular flexibility index (Phi) is 5.23. The lowest BCUT2D eigenvalue weighted by Crippen LogP contribution is -2.23. The number of nitrogens with zero attached hydrogens (tertiary/aromatic N) is 1. The number of carbonyl (C=O) groups excluding carboxylic acids is 1. The highest BCUT2D eigenvalue weighted by molar-refractivity contribution is 8.22. The Morgan fingerprint density at radius 3 is 2.55 bits per heavy atom. The van der Waals surface area contributed by atoms with Crippen molar-refractivity contribution in [1.29, 1.82) is 0 Å². The van der Waals surface area contributed by atoms with Crippen LogP contribution >= 0.6 is 24.0 Å². The number of carboxylic acids is 1. The van der Waals surface area contributed by atoms with E-state index in [4.69, 9.17) is 12.2 Å². The van der Waals surface area contributed by atoms with Crippen molar-refractivity contribution < 1.29 is 9.90 Å². The zero-order chi connectivity index (χ0) is 8.85. The number of hydrogen-bond donors (Lipinski definition) is 0. The van der Waals surface area contributed by atoms with E-state index in [2.05, 4.69) is 0 Å². The first-order valence-corrected chi connectivity index (χ1v) is 4.47. The van der Waals surface area contributed by atoms with E-state index in [0.717, 1.165) is 0 Å². The molecule has 0 aliphatic rings. The van der Waals surface area contributed by atoms with E-state index in [1.807, 2.05) is 14.1 Å². The van der Waals surface area contributed by atoms with Gasteiger partial charge in [-0.25, -0.2) is 0 Å². The van der Waals surface area contributed by atoms with Gasteiger partial charge in [-0.2, -0.15) is 0 Å². The molecule has 0 aliphatic carbocycles. The fourth-order valence-corrected chi connectivity index (χ4v) is 1.30. The number of carbonyl (C=O) groups is 1. The molecule has 0 aromatic carbocycles. The summed E-state index contributed by atoms with van der Waals surface area (Å²) in [6.07, 6.45) is 0.0542. The van der Waals surface area contributed by atoms with Gasteiger partial charge in [-0.3, -0.25) is 0 Å². The maximum absolute atomic E-state index is 9.97. The predicted molar refractivity (Wildman–Crippen MR) is 48.4 cm³/mol. The molecule has 0 radical (unpaired) electrons. The summed E-state index contributed by atoms with van der Waals surface area (Å²) in [5.41, 5.74) is 0. The van der Waals surface area contributed by atoms with Crippen LogP contribution in [0.1, 0.15) is 6.42 Å². The Bertz CT molecular complexity index is 159. The van der Waals surface area contributed by atoms with E-state index in [0.29, 0.717) is 10.1 Å². The molecular formula is C6H10NO2S2-. The Morgan fingerprint density at radius 2 is 2.18 bits per heavy atom. The van der Waals surface area contributed by atoms with Crippen LogP contribution in [0, 0.1) is 0 Å². The van der Waals surface area contributed by atoms with Gasteiger partial charge in [0.1, 0.15) is 4.32 Å². The minimum Gasteiger partial charge on any atom is -0.550 e. The SMILES string of the molecule is CN(C)C(=S)SCCC(=O)[O-]. The van der Waals surface area contributed by atoms with Crippen LogP contribution in [-0.4, -0.2) is 35.0 Å². The second-order valence-corrected chi connectivity index (χ2v) is 3.86. The largest absolute Gasteiger partial charge is 0.550 e. The van der Waals surface area contributed by atoms with Crippen molar-refractivity contribution in [3.63, 3.8) is 0 Å². The number of thioether (sulfide) groups is 1. The monoisotopic (exact) mass is 192 g/mol. The molecule has 0 atom stereocenters. The molecule has 0 fully saturated rings. The summed E-state index contributed by atoms with van der Waals surface area (Å²) in [6, 6.07) is 0. The molecule has 0 saturated carbocycles. The summed E-state index contributed by atoms with van der Waals surface area (Å²) >= 11 is 6.25. The lowest BCUT2D eigenvalue weighted by Gasteiger charge is -2.12. The average Bonchev–Trinajstić information content (AvgIpc) is 1.86. The molecular weight excluding hydrogens is 182 g/mol. The summed E-state index contributed by atoms with van der Waals surface area (Å²) in [5.74, 6) is -0.543. The molecule has 3 nitrogen and oxygen atoms in total. The Hall–Kier alpha value is -0.290. The lowest BCUT2D eigenvalue weighted by atomic mass is 10.5. The summed E-state index contributed by atoms with van der Waals surface area (Å²) in [7, 11) is 3.66. The summed E-state index contributed by atoms with van der Waals surface area (Å²) in [5, 5.41) is 9.97. The van der Waals surface area contributed by atoms with Crippen LogP contribution in [0.15, 0.2) is 0 Å². The summed E-state index contributed by atoms with van der Waals surface area (Å²) in [6.45, 7) is 0. The van der Waals surface area contributed by atoms with Crippen molar-refractivity contribution in [2.75, 3.05) is 19.8 Å². The molecule has 0 unspecified atom stereocenters. The number of hydrogen-bond acceptors (Lipinski definition) is 4. The van der Waals surface area contributed by atoms with Crippen molar-refractivity contribution in [2.24, 2.45) is 0 Å². The molecule has 11 heavy (non-hydrogen) atoms. The third-order valence-electron chi connectivity index (χ3n) is 0.897. The highest BCUT2D eigenvalue weighted by atomic mass is 32.2. The van der Waals surface area contributed by atoms with E-state index in [-0.39, 0.29) is 6.42 Å².